The molecule has 0 aromatic carbocycles. The number of nitrogens with zero attached hydrogens (tertiary/aromatic N) is 2. The van der Waals surface area contributed by atoms with Gasteiger partial charge in [-0.15, -0.1) is 6.42 Å². The number of nitrogens with one attached hydrogen (secondary N) is 1. The van der Waals surface area contributed by atoms with Crippen molar-refractivity contribution in [2.45, 2.75) is 19.5 Å². The zero-order valence-electron chi connectivity index (χ0n) is 7.90. The summed E-state index contributed by atoms with van der Waals surface area (Å²) in [5, 5.41) is 6.48. The molecule has 0 saturated heterocycles. The molecule has 1 rings (SSSR count). The molecule has 1 unspecified atom stereocenters. The Labute approximate surface area is 82.3 Å². The molecule has 3 N–H and O–H groups in total. The highest BCUT2D eigenvalue weighted by Crippen LogP contribution is 1.95. The fourth-order valence-corrected chi connectivity index (χ4v) is 0.941. The minimum Gasteiger partial charge on any atom is -0.382 e. The molecular formula is C9H12N4O. The Balaban J connectivity index is 2.46. The van der Waals surface area contributed by atoms with Crippen LogP contribution in [0.15, 0.2) is 12.3 Å². The lowest BCUT2D eigenvalue weighted by molar-refractivity contribution is -0.122. The van der Waals surface area contributed by atoms with E-state index in [4.69, 9.17) is 12.2 Å². The number of aromatic nitrogens is 2. The first-order valence-corrected chi connectivity index (χ1v) is 4.16. The zero-order chi connectivity index (χ0) is 10.6. The number of rotatable bonds is 3. The Hall–Kier alpha value is -1.96. The van der Waals surface area contributed by atoms with Crippen molar-refractivity contribution in [1.29, 1.82) is 0 Å². The first kappa shape index (κ1) is 10.1. The van der Waals surface area contributed by atoms with Gasteiger partial charge in [-0.1, -0.05) is 5.92 Å². The maximum absolute atomic E-state index is 11.3. The summed E-state index contributed by atoms with van der Waals surface area (Å²) in [4.78, 5) is 11.3. The molecule has 74 valence electrons. The van der Waals surface area contributed by atoms with Gasteiger partial charge >= 0.3 is 0 Å². The van der Waals surface area contributed by atoms with E-state index in [2.05, 4.69) is 16.3 Å². The first-order chi connectivity index (χ1) is 6.61. The Morgan fingerprint density at radius 3 is 3.14 bits per heavy atom. The molecule has 5 heteroatoms. The molecule has 0 aliphatic carbocycles. The summed E-state index contributed by atoms with van der Waals surface area (Å²) in [5.74, 6) is 2.61. The molecule has 1 amide bonds. The van der Waals surface area contributed by atoms with Gasteiger partial charge < -0.3 is 11.1 Å². The predicted molar refractivity (Wildman–Crippen MR) is 53.1 cm³/mol. The molecule has 0 aliphatic rings. The number of hydrogen-bond acceptors (Lipinski definition) is 3. The summed E-state index contributed by atoms with van der Waals surface area (Å²) in [5.41, 5.74) is 5.39. The second-order valence-corrected chi connectivity index (χ2v) is 2.89. The van der Waals surface area contributed by atoms with Crippen LogP contribution in [0.1, 0.15) is 6.92 Å². The van der Waals surface area contributed by atoms with Crippen LogP contribution in [0.25, 0.3) is 0 Å². The Kier molecular flexibility index (Phi) is 3.13. The standard InChI is InChI=1S/C9H12N4O/c1-3-7(2)11-9(14)6-13-5-4-8(10)12-13/h1,4-5,7H,6H2,2H3,(H2,10,12)(H,11,14). The van der Waals surface area contributed by atoms with Crippen LogP contribution in [-0.2, 0) is 11.3 Å². The van der Waals surface area contributed by atoms with Gasteiger partial charge in [0.2, 0.25) is 5.91 Å². The van der Waals surface area contributed by atoms with Crippen molar-refractivity contribution in [3.63, 3.8) is 0 Å². The van der Waals surface area contributed by atoms with E-state index >= 15 is 0 Å². The van der Waals surface area contributed by atoms with Gasteiger partial charge in [0.1, 0.15) is 12.4 Å². The van der Waals surface area contributed by atoms with Crippen molar-refractivity contribution >= 4 is 11.7 Å². The smallest absolute Gasteiger partial charge is 0.242 e. The summed E-state index contributed by atoms with van der Waals surface area (Å²) in [6.07, 6.45) is 6.75. The van der Waals surface area contributed by atoms with Crippen molar-refractivity contribution in [2.24, 2.45) is 0 Å². The molecule has 0 saturated carbocycles. The molecular weight excluding hydrogens is 180 g/mol. The lowest BCUT2D eigenvalue weighted by Crippen LogP contribution is -2.34. The van der Waals surface area contributed by atoms with Crippen LogP contribution >= 0.6 is 0 Å². The summed E-state index contributed by atoms with van der Waals surface area (Å²) in [6.45, 7) is 1.86. The predicted octanol–water partition coefficient (Wildman–Crippen LogP) is -0.397. The molecule has 0 spiro atoms. The zero-order valence-corrected chi connectivity index (χ0v) is 7.90. The summed E-state index contributed by atoms with van der Waals surface area (Å²) in [6, 6.07) is 1.35. The topological polar surface area (TPSA) is 72.9 Å². The van der Waals surface area contributed by atoms with Crippen molar-refractivity contribution in [1.82, 2.24) is 15.1 Å². The van der Waals surface area contributed by atoms with Crippen LogP contribution in [-0.4, -0.2) is 21.7 Å². The second kappa shape index (κ2) is 4.33. The molecule has 1 aromatic heterocycles. The van der Waals surface area contributed by atoms with E-state index in [9.17, 15) is 4.79 Å². The van der Waals surface area contributed by atoms with E-state index in [0.717, 1.165) is 0 Å². The molecule has 0 radical (unpaired) electrons. The third-order valence-corrected chi connectivity index (χ3v) is 1.59. The van der Waals surface area contributed by atoms with Crippen LogP contribution in [0.2, 0.25) is 0 Å². The third kappa shape index (κ3) is 2.83. The molecule has 5 nitrogen and oxygen atoms in total. The van der Waals surface area contributed by atoms with E-state index in [1.165, 1.54) is 4.68 Å². The van der Waals surface area contributed by atoms with Crippen LogP contribution in [0.3, 0.4) is 0 Å². The Bertz CT molecular complexity index is 363. The highest BCUT2D eigenvalue weighted by Gasteiger charge is 2.05. The third-order valence-electron chi connectivity index (χ3n) is 1.59. The number of amides is 1. The van der Waals surface area contributed by atoms with E-state index in [1.807, 2.05) is 0 Å². The maximum atomic E-state index is 11.3. The molecule has 1 atom stereocenters. The van der Waals surface area contributed by atoms with Crippen molar-refractivity contribution in [2.75, 3.05) is 5.73 Å². The Morgan fingerprint density at radius 2 is 2.64 bits per heavy atom. The molecule has 0 bridgehead atoms. The van der Waals surface area contributed by atoms with Gasteiger partial charge in [-0.2, -0.15) is 5.10 Å². The van der Waals surface area contributed by atoms with E-state index < -0.39 is 0 Å². The molecule has 1 heterocycles. The van der Waals surface area contributed by atoms with Crippen molar-refractivity contribution in [3.05, 3.63) is 12.3 Å². The van der Waals surface area contributed by atoms with Gasteiger partial charge in [-0.3, -0.25) is 9.48 Å². The number of nitrogen functional groups attached to an aromatic ring is 1. The summed E-state index contributed by atoms with van der Waals surface area (Å²) < 4.78 is 1.45. The van der Waals surface area contributed by atoms with Gasteiger partial charge in [-0.25, -0.2) is 0 Å². The first-order valence-electron chi connectivity index (χ1n) is 4.16. The summed E-state index contributed by atoms with van der Waals surface area (Å²) in [7, 11) is 0. The van der Waals surface area contributed by atoms with Gasteiger partial charge in [-0.05, 0) is 13.0 Å². The van der Waals surface area contributed by atoms with E-state index in [-0.39, 0.29) is 18.5 Å². The largest absolute Gasteiger partial charge is 0.382 e. The molecule has 0 fully saturated rings. The highest BCUT2D eigenvalue weighted by molar-refractivity contribution is 5.76. The quantitative estimate of drug-likeness (QED) is 0.640. The van der Waals surface area contributed by atoms with Gasteiger partial charge in [0, 0.05) is 6.20 Å². The van der Waals surface area contributed by atoms with Gasteiger partial charge in [0.25, 0.3) is 0 Å². The maximum Gasteiger partial charge on any atom is 0.242 e. The lowest BCUT2D eigenvalue weighted by Gasteiger charge is -2.07. The highest BCUT2D eigenvalue weighted by atomic mass is 16.2. The fraction of sp³-hybridized carbons (Fsp3) is 0.333. The van der Waals surface area contributed by atoms with Crippen molar-refractivity contribution in [3.8, 4) is 12.3 Å². The SMILES string of the molecule is C#CC(C)NC(=O)Cn1ccc(N)n1. The normalized spacial score (nSPS) is 11.7. The minimum atomic E-state index is -0.268. The minimum absolute atomic E-state index is 0.128. The van der Waals surface area contributed by atoms with Crippen LogP contribution < -0.4 is 11.1 Å². The number of nitrogens with two attached hydrogens (primary N) is 1. The summed E-state index contributed by atoms with van der Waals surface area (Å²) >= 11 is 0. The van der Waals surface area contributed by atoms with Crippen LogP contribution in [0.4, 0.5) is 5.82 Å². The average Bonchev–Trinajstić information content (AvgIpc) is 2.50. The number of anilines is 1. The van der Waals surface area contributed by atoms with Gasteiger partial charge in [0.05, 0.1) is 6.04 Å². The number of terminal acetylenes is 1. The molecule has 14 heavy (non-hydrogen) atoms. The Morgan fingerprint density at radius 1 is 1.93 bits per heavy atom. The van der Waals surface area contributed by atoms with E-state index in [0.29, 0.717) is 5.82 Å². The van der Waals surface area contributed by atoms with Crippen molar-refractivity contribution < 1.29 is 4.79 Å². The van der Waals surface area contributed by atoms with Crippen LogP contribution in [0, 0.1) is 12.3 Å². The second-order valence-electron chi connectivity index (χ2n) is 2.89. The number of carbonyl (C=O) groups excluding carboxylic acids is 1. The lowest BCUT2D eigenvalue weighted by atomic mass is 10.3. The van der Waals surface area contributed by atoms with Crippen LogP contribution in [0.5, 0.6) is 0 Å². The average molecular weight is 192 g/mol. The molecule has 1 aromatic rings. The van der Waals surface area contributed by atoms with E-state index in [1.54, 1.807) is 19.2 Å². The number of carbonyl (C=O) groups is 1. The van der Waals surface area contributed by atoms with Gasteiger partial charge in [0.15, 0.2) is 0 Å². The molecule has 0 aliphatic heterocycles. The number of hydrogen-bond donors (Lipinski definition) is 2. The monoisotopic (exact) mass is 192 g/mol. The fourth-order valence-electron chi connectivity index (χ4n) is 0.941.